The van der Waals surface area contributed by atoms with Crippen LogP contribution in [0.1, 0.15) is 38.3 Å². The molecule has 1 aliphatic heterocycles. The van der Waals surface area contributed by atoms with Gasteiger partial charge in [0.05, 0.1) is 24.8 Å². The summed E-state index contributed by atoms with van der Waals surface area (Å²) in [6.07, 6.45) is 6.11. The van der Waals surface area contributed by atoms with E-state index in [-0.39, 0.29) is 17.8 Å². The van der Waals surface area contributed by atoms with Gasteiger partial charge in [0.15, 0.2) is 5.65 Å². The van der Waals surface area contributed by atoms with E-state index in [0.29, 0.717) is 43.3 Å². The Labute approximate surface area is 174 Å². The molecule has 3 aromatic heterocycles. The molecule has 162 valence electrons. The molecule has 0 amide bonds. The number of nitrogen functional groups attached to an aromatic ring is 1. The first kappa shape index (κ1) is 20.5. The molecule has 1 aliphatic rings. The van der Waals surface area contributed by atoms with Crippen LogP contribution in [0.15, 0.2) is 12.4 Å². The number of hydrogen-bond donors (Lipinski definition) is 2. The summed E-state index contributed by atoms with van der Waals surface area (Å²) in [5, 5.41) is 11.2. The van der Waals surface area contributed by atoms with Gasteiger partial charge in [0.2, 0.25) is 21.9 Å². The molecular formula is C18H26N8O3S. The third kappa shape index (κ3) is 3.72. The number of nitrogens with two attached hydrogens (primary N) is 1. The van der Waals surface area contributed by atoms with E-state index >= 15 is 0 Å². The second kappa shape index (κ2) is 7.84. The van der Waals surface area contributed by atoms with Crippen LogP contribution in [0.3, 0.4) is 0 Å². The summed E-state index contributed by atoms with van der Waals surface area (Å²) in [5.41, 5.74) is 8.57. The summed E-state index contributed by atoms with van der Waals surface area (Å²) in [5.74, 6) is 0.634. The smallest absolute Gasteiger partial charge is 0.244 e. The number of nitrogens with zero attached hydrogens (tertiary/aromatic N) is 6. The Morgan fingerprint density at radius 2 is 2.17 bits per heavy atom. The lowest BCUT2D eigenvalue weighted by Crippen LogP contribution is -2.41. The maximum Gasteiger partial charge on any atom is 0.244 e. The summed E-state index contributed by atoms with van der Waals surface area (Å²) < 4.78 is 33.1. The number of sulfonamides is 1. The molecule has 1 fully saturated rings. The zero-order valence-electron chi connectivity index (χ0n) is 17.2. The van der Waals surface area contributed by atoms with Crippen LogP contribution in [0.25, 0.3) is 16.9 Å². The Bertz CT molecular complexity index is 1140. The molecule has 2 atom stereocenters. The van der Waals surface area contributed by atoms with Crippen molar-refractivity contribution >= 4 is 21.6 Å². The van der Waals surface area contributed by atoms with Crippen molar-refractivity contribution in [3.63, 3.8) is 0 Å². The maximum absolute atomic E-state index is 12.0. The summed E-state index contributed by atoms with van der Waals surface area (Å²) in [6.45, 7) is 5.39. The normalized spacial score (nSPS) is 20.6. The number of rotatable bonds is 6. The molecule has 0 saturated carbocycles. The second-order valence-corrected chi connectivity index (χ2v) is 9.67. The van der Waals surface area contributed by atoms with Crippen molar-refractivity contribution in [1.82, 2.24) is 34.1 Å². The van der Waals surface area contributed by atoms with Gasteiger partial charge in [-0.1, -0.05) is 13.8 Å². The summed E-state index contributed by atoms with van der Waals surface area (Å²) in [4.78, 5) is 9.35. The van der Waals surface area contributed by atoms with Crippen LogP contribution >= 0.6 is 0 Å². The highest BCUT2D eigenvalue weighted by Crippen LogP contribution is 2.38. The van der Waals surface area contributed by atoms with E-state index in [1.165, 1.54) is 10.6 Å². The van der Waals surface area contributed by atoms with E-state index in [1.807, 2.05) is 13.8 Å². The molecule has 0 spiro atoms. The SMILES string of the molecule is CCCOc1c(-c2cn[nH]c2)nc([C@H]2CCN(S(C)(=O)=O)C[C@@H]2C)c2nc(N)nn12. The lowest BCUT2D eigenvalue weighted by Gasteiger charge is -2.35. The average molecular weight is 435 g/mol. The Balaban J connectivity index is 1.84. The third-order valence-corrected chi connectivity index (χ3v) is 6.65. The molecule has 30 heavy (non-hydrogen) atoms. The van der Waals surface area contributed by atoms with Gasteiger partial charge >= 0.3 is 0 Å². The van der Waals surface area contributed by atoms with Crippen LogP contribution in [-0.4, -0.2) is 68.5 Å². The van der Waals surface area contributed by atoms with Gasteiger partial charge in [-0.05, 0) is 18.8 Å². The van der Waals surface area contributed by atoms with Crippen molar-refractivity contribution in [2.75, 3.05) is 31.7 Å². The quantitative estimate of drug-likeness (QED) is 0.590. The zero-order chi connectivity index (χ0) is 21.5. The molecule has 3 N–H and O–H groups in total. The first-order valence-corrected chi connectivity index (χ1v) is 11.8. The molecule has 0 aliphatic carbocycles. The number of aromatic amines is 1. The minimum absolute atomic E-state index is 0.0000221. The predicted molar refractivity (Wildman–Crippen MR) is 112 cm³/mol. The van der Waals surface area contributed by atoms with Gasteiger partial charge < -0.3 is 10.5 Å². The standard InChI is InChI=1S/C18H26N8O3S/c1-4-7-29-17-14(12-8-20-21-9-12)22-15(16-23-18(19)24-26(16)17)13-5-6-25(10-11(13)2)30(3,27)28/h8-9,11,13H,4-7,10H2,1-3H3,(H2,19,24)(H,20,21)/t11-,13-/m0/s1. The van der Waals surface area contributed by atoms with Crippen molar-refractivity contribution in [2.45, 2.75) is 32.6 Å². The van der Waals surface area contributed by atoms with E-state index in [2.05, 4.69) is 20.3 Å². The fraction of sp³-hybridized carbons (Fsp3) is 0.556. The number of anilines is 1. The minimum atomic E-state index is -3.24. The van der Waals surface area contributed by atoms with Crippen LogP contribution in [0.5, 0.6) is 5.88 Å². The van der Waals surface area contributed by atoms with Crippen molar-refractivity contribution < 1.29 is 13.2 Å². The van der Waals surface area contributed by atoms with Crippen molar-refractivity contribution in [3.05, 3.63) is 18.1 Å². The van der Waals surface area contributed by atoms with Crippen LogP contribution in [0.2, 0.25) is 0 Å². The predicted octanol–water partition coefficient (Wildman–Crippen LogP) is 1.27. The highest BCUT2D eigenvalue weighted by Gasteiger charge is 2.35. The van der Waals surface area contributed by atoms with E-state index in [0.717, 1.165) is 17.7 Å². The molecule has 4 rings (SSSR count). The first-order valence-electron chi connectivity index (χ1n) is 9.92. The van der Waals surface area contributed by atoms with E-state index in [1.54, 1.807) is 16.9 Å². The number of fused-ring (bicyclic) bond motifs is 1. The molecule has 0 radical (unpaired) electrons. The highest BCUT2D eigenvalue weighted by atomic mass is 32.2. The van der Waals surface area contributed by atoms with Gasteiger partial charge in [0, 0.05) is 30.8 Å². The number of piperidine rings is 1. The number of aromatic nitrogens is 6. The van der Waals surface area contributed by atoms with Gasteiger partial charge in [-0.15, -0.1) is 5.10 Å². The molecular weight excluding hydrogens is 408 g/mol. The Kier molecular flexibility index (Phi) is 5.36. The number of H-pyrrole nitrogens is 1. The molecule has 0 unspecified atom stereocenters. The number of hydrogen-bond acceptors (Lipinski definition) is 8. The topological polar surface area (TPSA) is 144 Å². The van der Waals surface area contributed by atoms with Crippen molar-refractivity contribution in [1.29, 1.82) is 0 Å². The average Bonchev–Trinajstić information content (AvgIpc) is 3.34. The molecule has 12 heteroatoms. The number of nitrogens with one attached hydrogen (secondary N) is 1. The largest absolute Gasteiger partial charge is 0.476 e. The molecule has 1 saturated heterocycles. The van der Waals surface area contributed by atoms with Crippen LogP contribution in [0, 0.1) is 5.92 Å². The minimum Gasteiger partial charge on any atom is -0.476 e. The molecule has 0 aromatic carbocycles. The molecule has 3 aromatic rings. The third-order valence-electron chi connectivity index (χ3n) is 5.38. The highest BCUT2D eigenvalue weighted by molar-refractivity contribution is 7.88. The van der Waals surface area contributed by atoms with Crippen LogP contribution in [0.4, 0.5) is 5.95 Å². The fourth-order valence-electron chi connectivity index (χ4n) is 3.91. The summed E-state index contributed by atoms with van der Waals surface area (Å²) >= 11 is 0. The van der Waals surface area contributed by atoms with Gasteiger partial charge in [0.25, 0.3) is 0 Å². The van der Waals surface area contributed by atoms with E-state index < -0.39 is 10.0 Å². The first-order chi connectivity index (χ1) is 14.3. The Morgan fingerprint density at radius 1 is 1.37 bits per heavy atom. The van der Waals surface area contributed by atoms with Gasteiger partial charge in [0.1, 0.15) is 5.69 Å². The van der Waals surface area contributed by atoms with Gasteiger partial charge in [-0.3, -0.25) is 5.10 Å². The number of ether oxygens (including phenoxy) is 1. The zero-order valence-corrected chi connectivity index (χ0v) is 18.1. The second-order valence-electron chi connectivity index (χ2n) is 7.69. The van der Waals surface area contributed by atoms with E-state index in [9.17, 15) is 8.42 Å². The fourth-order valence-corrected chi connectivity index (χ4v) is 4.86. The molecule has 4 heterocycles. The Morgan fingerprint density at radius 3 is 2.80 bits per heavy atom. The monoisotopic (exact) mass is 434 g/mol. The molecule has 0 bridgehead atoms. The lowest BCUT2D eigenvalue weighted by molar-refractivity contribution is 0.246. The Hall–Kier alpha value is -2.73. The van der Waals surface area contributed by atoms with Gasteiger partial charge in [-0.25, -0.2) is 17.7 Å². The molecule has 11 nitrogen and oxygen atoms in total. The van der Waals surface area contributed by atoms with Crippen LogP contribution in [-0.2, 0) is 10.0 Å². The van der Waals surface area contributed by atoms with Crippen LogP contribution < -0.4 is 10.5 Å². The van der Waals surface area contributed by atoms with Crippen molar-refractivity contribution in [3.8, 4) is 17.1 Å². The van der Waals surface area contributed by atoms with E-state index in [4.69, 9.17) is 15.5 Å². The van der Waals surface area contributed by atoms with Crippen molar-refractivity contribution in [2.24, 2.45) is 5.92 Å². The maximum atomic E-state index is 12.0. The van der Waals surface area contributed by atoms with Gasteiger partial charge in [-0.2, -0.15) is 14.6 Å². The summed E-state index contributed by atoms with van der Waals surface area (Å²) in [6, 6.07) is 0. The summed E-state index contributed by atoms with van der Waals surface area (Å²) in [7, 11) is -3.24. The lowest BCUT2D eigenvalue weighted by atomic mass is 9.85.